The summed E-state index contributed by atoms with van der Waals surface area (Å²) < 4.78 is 0. The largest absolute Gasteiger partial charge is 0.374 e. The van der Waals surface area contributed by atoms with Gasteiger partial charge in [0.15, 0.2) is 0 Å². The molecule has 0 bridgehead atoms. The summed E-state index contributed by atoms with van der Waals surface area (Å²) in [6, 6.07) is 4.68. The van der Waals surface area contributed by atoms with Crippen LogP contribution in [-0.2, 0) is 16.1 Å². The van der Waals surface area contributed by atoms with E-state index in [-0.39, 0.29) is 24.8 Å². The van der Waals surface area contributed by atoms with Crippen LogP contribution >= 0.6 is 0 Å². The Kier molecular flexibility index (Phi) is 4.45. The molecule has 6 heteroatoms. The molecule has 2 aliphatic rings. The van der Waals surface area contributed by atoms with Crippen LogP contribution in [0.4, 0.5) is 5.69 Å². The lowest BCUT2D eigenvalue weighted by molar-refractivity contribution is -0.151. The van der Waals surface area contributed by atoms with E-state index in [4.69, 9.17) is 12.8 Å². The SMILES string of the molecule is C#CCNc1cccc2c1CN(C1CCC(=O)N(CC#C)C1=O)C2=O. The fourth-order valence-corrected chi connectivity index (χ4v) is 3.29. The zero-order valence-corrected chi connectivity index (χ0v) is 13.6. The third-order valence-corrected chi connectivity index (χ3v) is 4.49. The van der Waals surface area contributed by atoms with Crippen LogP contribution in [-0.4, -0.2) is 46.7 Å². The molecule has 0 spiro atoms. The molecule has 126 valence electrons. The van der Waals surface area contributed by atoms with Crippen molar-refractivity contribution in [3.05, 3.63) is 29.3 Å². The van der Waals surface area contributed by atoms with Crippen molar-refractivity contribution in [2.24, 2.45) is 0 Å². The molecule has 0 radical (unpaired) electrons. The predicted octanol–water partition coefficient (Wildman–Crippen LogP) is 0.838. The Labute approximate surface area is 146 Å². The van der Waals surface area contributed by atoms with Crippen molar-refractivity contribution in [1.82, 2.24) is 9.80 Å². The van der Waals surface area contributed by atoms with Crippen LogP contribution in [0.15, 0.2) is 18.2 Å². The number of nitrogens with one attached hydrogen (secondary N) is 1. The second kappa shape index (κ2) is 6.70. The van der Waals surface area contributed by atoms with Crippen LogP contribution in [0.2, 0.25) is 0 Å². The third kappa shape index (κ3) is 2.83. The fraction of sp³-hybridized carbons (Fsp3) is 0.316. The van der Waals surface area contributed by atoms with E-state index in [9.17, 15) is 14.4 Å². The van der Waals surface area contributed by atoms with Gasteiger partial charge in [-0.25, -0.2) is 0 Å². The van der Waals surface area contributed by atoms with Crippen molar-refractivity contribution in [2.75, 3.05) is 18.4 Å². The average Bonchev–Trinajstić information content (AvgIpc) is 2.94. The van der Waals surface area contributed by atoms with Crippen LogP contribution in [0.5, 0.6) is 0 Å². The lowest BCUT2D eigenvalue weighted by atomic mass is 10.0. The number of rotatable bonds is 4. The molecule has 1 aromatic rings. The van der Waals surface area contributed by atoms with E-state index in [1.807, 2.05) is 6.07 Å². The van der Waals surface area contributed by atoms with Gasteiger partial charge < -0.3 is 10.2 Å². The number of likely N-dealkylation sites (tertiary alicyclic amines) is 1. The molecule has 1 saturated heterocycles. The first-order valence-electron chi connectivity index (χ1n) is 7.96. The Morgan fingerprint density at radius 1 is 1.20 bits per heavy atom. The molecule has 1 atom stereocenters. The maximum Gasteiger partial charge on any atom is 0.255 e. The normalized spacial score (nSPS) is 19.4. The number of anilines is 1. The number of carbonyl (C=O) groups excluding carboxylic acids is 3. The fourth-order valence-electron chi connectivity index (χ4n) is 3.29. The second-order valence-electron chi connectivity index (χ2n) is 5.90. The van der Waals surface area contributed by atoms with Gasteiger partial charge in [0.25, 0.3) is 11.8 Å². The van der Waals surface area contributed by atoms with Gasteiger partial charge in [0.05, 0.1) is 13.1 Å². The Balaban J connectivity index is 1.87. The summed E-state index contributed by atoms with van der Waals surface area (Å²) in [5, 5.41) is 3.10. The Morgan fingerprint density at radius 2 is 2.00 bits per heavy atom. The van der Waals surface area contributed by atoms with E-state index in [0.717, 1.165) is 16.2 Å². The summed E-state index contributed by atoms with van der Waals surface area (Å²) in [6.07, 6.45) is 11.0. The minimum atomic E-state index is -0.675. The van der Waals surface area contributed by atoms with Crippen LogP contribution in [0, 0.1) is 24.7 Å². The van der Waals surface area contributed by atoms with E-state index in [1.165, 1.54) is 4.90 Å². The number of carbonyl (C=O) groups is 3. The summed E-state index contributed by atoms with van der Waals surface area (Å²) in [5.41, 5.74) is 2.15. The maximum absolute atomic E-state index is 12.8. The molecule has 1 fully saturated rings. The molecule has 3 amide bonds. The van der Waals surface area contributed by atoms with Crippen LogP contribution in [0.1, 0.15) is 28.8 Å². The van der Waals surface area contributed by atoms with Gasteiger partial charge in [0.1, 0.15) is 6.04 Å². The first-order chi connectivity index (χ1) is 12.1. The first kappa shape index (κ1) is 16.6. The summed E-state index contributed by atoms with van der Waals surface area (Å²) in [6.45, 7) is 0.575. The third-order valence-electron chi connectivity index (χ3n) is 4.49. The lowest BCUT2D eigenvalue weighted by Gasteiger charge is -2.34. The maximum atomic E-state index is 12.8. The minimum absolute atomic E-state index is 0.0713. The minimum Gasteiger partial charge on any atom is -0.374 e. The average molecular weight is 335 g/mol. The molecule has 0 aromatic heterocycles. The smallest absolute Gasteiger partial charge is 0.255 e. The molecular weight excluding hydrogens is 318 g/mol. The molecule has 6 nitrogen and oxygen atoms in total. The highest BCUT2D eigenvalue weighted by atomic mass is 16.2. The van der Waals surface area contributed by atoms with Crippen molar-refractivity contribution in [1.29, 1.82) is 0 Å². The van der Waals surface area contributed by atoms with Crippen molar-refractivity contribution in [3.8, 4) is 24.7 Å². The van der Waals surface area contributed by atoms with E-state index in [0.29, 0.717) is 25.1 Å². The van der Waals surface area contributed by atoms with Gasteiger partial charge >= 0.3 is 0 Å². The number of benzene rings is 1. The molecule has 3 rings (SSSR count). The molecule has 0 saturated carbocycles. The molecule has 0 aliphatic carbocycles. The highest BCUT2D eigenvalue weighted by Crippen LogP contribution is 2.33. The number of nitrogens with zero attached hydrogens (tertiary/aromatic N) is 2. The molecule has 2 heterocycles. The van der Waals surface area contributed by atoms with Gasteiger partial charge in [-0.15, -0.1) is 12.8 Å². The van der Waals surface area contributed by atoms with Gasteiger partial charge in [-0.1, -0.05) is 17.9 Å². The van der Waals surface area contributed by atoms with E-state index >= 15 is 0 Å². The number of fused-ring (bicyclic) bond motifs is 1. The number of piperidine rings is 1. The standard InChI is InChI=1S/C19H17N3O3/c1-3-10-20-15-7-5-6-13-14(15)12-22(18(13)24)16-8-9-17(23)21(11-4-2)19(16)25/h1-2,5-7,16,20H,8-12H2. The van der Waals surface area contributed by atoms with E-state index < -0.39 is 11.9 Å². The lowest BCUT2D eigenvalue weighted by Crippen LogP contribution is -2.54. The monoisotopic (exact) mass is 335 g/mol. The number of terminal acetylenes is 2. The number of hydrogen-bond acceptors (Lipinski definition) is 4. The molecule has 1 N–H and O–H groups in total. The van der Waals surface area contributed by atoms with E-state index in [2.05, 4.69) is 17.2 Å². The predicted molar refractivity (Wildman–Crippen MR) is 92.2 cm³/mol. The summed E-state index contributed by atoms with van der Waals surface area (Å²) in [7, 11) is 0. The van der Waals surface area contributed by atoms with Crippen molar-refractivity contribution in [3.63, 3.8) is 0 Å². The number of amides is 3. The van der Waals surface area contributed by atoms with Crippen molar-refractivity contribution in [2.45, 2.75) is 25.4 Å². The zero-order valence-electron chi connectivity index (χ0n) is 13.6. The molecule has 2 aliphatic heterocycles. The van der Waals surface area contributed by atoms with Crippen LogP contribution < -0.4 is 5.32 Å². The van der Waals surface area contributed by atoms with Gasteiger partial charge in [-0.05, 0) is 18.6 Å². The van der Waals surface area contributed by atoms with Crippen LogP contribution in [0.3, 0.4) is 0 Å². The summed E-state index contributed by atoms with van der Waals surface area (Å²) in [4.78, 5) is 39.9. The molecule has 25 heavy (non-hydrogen) atoms. The van der Waals surface area contributed by atoms with Gasteiger partial charge in [0, 0.05) is 29.8 Å². The first-order valence-corrected chi connectivity index (χ1v) is 7.96. The summed E-state index contributed by atoms with van der Waals surface area (Å²) in [5.74, 6) is 3.90. The highest BCUT2D eigenvalue weighted by Gasteiger charge is 2.42. The van der Waals surface area contributed by atoms with Gasteiger partial charge in [-0.2, -0.15) is 0 Å². The Morgan fingerprint density at radius 3 is 2.72 bits per heavy atom. The van der Waals surface area contributed by atoms with Gasteiger partial charge in [0.2, 0.25) is 5.91 Å². The Hall–Kier alpha value is -3.25. The van der Waals surface area contributed by atoms with Crippen molar-refractivity contribution < 1.29 is 14.4 Å². The highest BCUT2D eigenvalue weighted by molar-refractivity contribution is 6.06. The Bertz CT molecular complexity index is 831. The van der Waals surface area contributed by atoms with Crippen LogP contribution in [0.25, 0.3) is 0 Å². The topological polar surface area (TPSA) is 69.7 Å². The quantitative estimate of drug-likeness (QED) is 0.654. The van der Waals surface area contributed by atoms with Gasteiger partial charge in [-0.3, -0.25) is 19.3 Å². The number of hydrogen-bond donors (Lipinski definition) is 1. The second-order valence-corrected chi connectivity index (χ2v) is 5.90. The zero-order chi connectivity index (χ0) is 18.0. The molecular formula is C19H17N3O3. The van der Waals surface area contributed by atoms with E-state index in [1.54, 1.807) is 12.1 Å². The molecule has 1 aromatic carbocycles. The van der Waals surface area contributed by atoms with Crippen molar-refractivity contribution >= 4 is 23.4 Å². The molecule has 1 unspecified atom stereocenters. The number of imide groups is 1. The summed E-state index contributed by atoms with van der Waals surface area (Å²) >= 11 is 0.